The largest absolute Gasteiger partial charge is 0.453 e. The van der Waals surface area contributed by atoms with Crippen molar-refractivity contribution in [1.29, 1.82) is 0 Å². The van der Waals surface area contributed by atoms with Gasteiger partial charge in [-0.1, -0.05) is 6.07 Å². The Hall–Kier alpha value is -1.99. The lowest BCUT2D eigenvalue weighted by Gasteiger charge is -2.24. The summed E-state index contributed by atoms with van der Waals surface area (Å²) in [6.45, 7) is 0.721. The predicted octanol–water partition coefficient (Wildman–Crippen LogP) is 5.57. The van der Waals surface area contributed by atoms with Crippen LogP contribution in [0.3, 0.4) is 0 Å². The first-order valence-corrected chi connectivity index (χ1v) is 8.82. The monoisotopic (exact) mass is 408 g/mol. The van der Waals surface area contributed by atoms with Crippen LogP contribution in [0, 0.1) is 11.6 Å². The minimum Gasteiger partial charge on any atom is -0.453 e. The molecule has 1 saturated heterocycles. The molecule has 0 spiro atoms. The van der Waals surface area contributed by atoms with Gasteiger partial charge in [0, 0.05) is 12.7 Å². The molecule has 7 heteroatoms. The molecule has 25 heavy (non-hydrogen) atoms. The van der Waals surface area contributed by atoms with Crippen LogP contribution in [-0.4, -0.2) is 16.2 Å². The topological polar surface area (TPSA) is 36.3 Å². The summed E-state index contributed by atoms with van der Waals surface area (Å²) in [5.74, 6) is -1.75. The molecule has 2 heterocycles. The molecule has 1 aromatic heterocycles. The number of halogens is 3. The molecule has 1 aliphatic rings. The average Bonchev–Trinajstić information content (AvgIpc) is 3.02. The maximum absolute atomic E-state index is 13.9. The minimum absolute atomic E-state index is 0.0707. The number of aromatic nitrogens is 2. The van der Waals surface area contributed by atoms with E-state index in [1.54, 1.807) is 18.5 Å². The maximum Gasteiger partial charge on any atom is 0.201 e. The summed E-state index contributed by atoms with van der Waals surface area (Å²) in [6, 6.07) is 7.39. The van der Waals surface area contributed by atoms with E-state index in [1.807, 2.05) is 4.57 Å². The van der Waals surface area contributed by atoms with Gasteiger partial charge in [-0.15, -0.1) is 0 Å². The highest BCUT2D eigenvalue weighted by molar-refractivity contribution is 9.10. The molecule has 0 amide bonds. The number of fused-ring (bicyclic) bond motifs is 1. The number of ether oxygens (including phenoxy) is 2. The lowest BCUT2D eigenvalue weighted by molar-refractivity contribution is -0.0295. The Kier molecular flexibility index (Phi) is 4.43. The summed E-state index contributed by atoms with van der Waals surface area (Å²) in [7, 11) is 0. The van der Waals surface area contributed by atoms with Gasteiger partial charge in [0.2, 0.25) is 5.82 Å². The van der Waals surface area contributed by atoms with E-state index < -0.39 is 11.6 Å². The van der Waals surface area contributed by atoms with E-state index in [0.717, 1.165) is 43.0 Å². The number of imidazole rings is 1. The smallest absolute Gasteiger partial charge is 0.201 e. The summed E-state index contributed by atoms with van der Waals surface area (Å²) in [4.78, 5) is 4.40. The molecular formula is C18H15BrF2N2O2. The van der Waals surface area contributed by atoms with Crippen LogP contribution in [0.2, 0.25) is 0 Å². The predicted molar refractivity (Wildman–Crippen MR) is 92.7 cm³/mol. The number of rotatable bonds is 3. The van der Waals surface area contributed by atoms with Crippen LogP contribution in [0.1, 0.15) is 25.5 Å². The average molecular weight is 409 g/mol. The first kappa shape index (κ1) is 16.5. The van der Waals surface area contributed by atoms with E-state index in [1.165, 1.54) is 12.1 Å². The molecule has 1 unspecified atom stereocenters. The Labute approximate surface area is 151 Å². The molecule has 1 aliphatic heterocycles. The molecule has 0 saturated carbocycles. The summed E-state index contributed by atoms with van der Waals surface area (Å²) in [5, 5.41) is 0. The highest BCUT2D eigenvalue weighted by Gasteiger charge is 2.20. The van der Waals surface area contributed by atoms with Gasteiger partial charge in [0.25, 0.3) is 0 Å². The molecular weight excluding hydrogens is 394 g/mol. The Bertz CT molecular complexity index is 923. The van der Waals surface area contributed by atoms with Crippen molar-refractivity contribution < 1.29 is 18.3 Å². The second-order valence-corrected chi connectivity index (χ2v) is 6.75. The fourth-order valence-electron chi connectivity index (χ4n) is 2.96. The summed E-state index contributed by atoms with van der Waals surface area (Å²) in [5.41, 5.74) is 1.59. The van der Waals surface area contributed by atoms with Crippen molar-refractivity contribution in [3.8, 4) is 11.5 Å². The Balaban J connectivity index is 1.73. The molecule has 1 fully saturated rings. The van der Waals surface area contributed by atoms with Crippen molar-refractivity contribution >= 4 is 27.0 Å². The molecule has 4 nitrogen and oxygen atoms in total. The van der Waals surface area contributed by atoms with Crippen LogP contribution in [0.4, 0.5) is 8.78 Å². The Morgan fingerprint density at radius 1 is 1.20 bits per heavy atom. The van der Waals surface area contributed by atoms with E-state index in [9.17, 15) is 8.78 Å². The Morgan fingerprint density at radius 2 is 2.08 bits per heavy atom. The van der Waals surface area contributed by atoms with Crippen LogP contribution < -0.4 is 4.74 Å². The van der Waals surface area contributed by atoms with E-state index in [4.69, 9.17) is 9.47 Å². The molecule has 1 atom stereocenters. The summed E-state index contributed by atoms with van der Waals surface area (Å²) >= 11 is 3.40. The quantitative estimate of drug-likeness (QED) is 0.568. The Morgan fingerprint density at radius 3 is 2.88 bits per heavy atom. The number of benzene rings is 2. The fraction of sp³-hybridized carbons (Fsp3) is 0.278. The zero-order valence-corrected chi connectivity index (χ0v) is 14.8. The molecule has 0 radical (unpaired) electrons. The van der Waals surface area contributed by atoms with Crippen molar-refractivity contribution in [2.24, 2.45) is 0 Å². The molecule has 0 N–H and O–H groups in total. The third-order valence-corrected chi connectivity index (χ3v) is 4.85. The van der Waals surface area contributed by atoms with Gasteiger partial charge in [0.05, 0.1) is 21.8 Å². The number of hydrogen-bond acceptors (Lipinski definition) is 3. The molecule has 0 aliphatic carbocycles. The van der Waals surface area contributed by atoms with Crippen LogP contribution in [0.15, 0.2) is 41.1 Å². The van der Waals surface area contributed by atoms with Gasteiger partial charge in [-0.2, -0.15) is 4.39 Å². The molecule has 3 aromatic rings. The first-order chi connectivity index (χ1) is 12.1. The maximum atomic E-state index is 13.9. The normalized spacial score (nSPS) is 17.8. The fourth-order valence-corrected chi connectivity index (χ4v) is 3.37. The van der Waals surface area contributed by atoms with Gasteiger partial charge >= 0.3 is 0 Å². The van der Waals surface area contributed by atoms with Crippen LogP contribution >= 0.6 is 15.9 Å². The third-order valence-electron chi connectivity index (χ3n) is 4.23. The third kappa shape index (κ3) is 3.14. The van der Waals surface area contributed by atoms with E-state index in [0.29, 0.717) is 10.2 Å². The van der Waals surface area contributed by atoms with E-state index >= 15 is 0 Å². The van der Waals surface area contributed by atoms with Crippen LogP contribution in [0.25, 0.3) is 11.0 Å². The zero-order valence-electron chi connectivity index (χ0n) is 13.2. The lowest BCUT2D eigenvalue weighted by atomic mass is 10.2. The SMILES string of the molecule is Fc1cccc(Oc2cc3c(cc2Br)ncn3C2CCCCO2)c1F. The van der Waals surface area contributed by atoms with Crippen molar-refractivity contribution in [1.82, 2.24) is 9.55 Å². The molecule has 4 rings (SSSR count). The standard InChI is InChI=1S/C18H15BrF2N2O2/c19-11-8-13-14(23(10-22-13)17-6-1-2-7-24-17)9-16(11)25-15-5-3-4-12(20)18(15)21/h3-5,8-10,17H,1-2,6-7H2. The zero-order chi connectivity index (χ0) is 17.4. The highest BCUT2D eigenvalue weighted by atomic mass is 79.9. The van der Waals surface area contributed by atoms with E-state index in [2.05, 4.69) is 20.9 Å². The number of nitrogens with zero attached hydrogens (tertiary/aromatic N) is 2. The number of hydrogen-bond donors (Lipinski definition) is 0. The first-order valence-electron chi connectivity index (χ1n) is 8.03. The van der Waals surface area contributed by atoms with Crippen molar-refractivity contribution in [3.63, 3.8) is 0 Å². The van der Waals surface area contributed by atoms with Crippen LogP contribution in [0.5, 0.6) is 11.5 Å². The van der Waals surface area contributed by atoms with Crippen LogP contribution in [-0.2, 0) is 4.74 Å². The van der Waals surface area contributed by atoms with Gasteiger partial charge in [-0.3, -0.25) is 0 Å². The van der Waals surface area contributed by atoms with Gasteiger partial charge in [-0.05, 0) is 53.4 Å². The second kappa shape index (κ2) is 6.72. The minimum atomic E-state index is -1.02. The summed E-state index contributed by atoms with van der Waals surface area (Å²) < 4.78 is 41.3. The highest BCUT2D eigenvalue weighted by Crippen LogP contribution is 2.36. The van der Waals surface area contributed by atoms with Crippen molar-refractivity contribution in [2.45, 2.75) is 25.5 Å². The molecule has 130 valence electrons. The van der Waals surface area contributed by atoms with Gasteiger partial charge in [0.1, 0.15) is 12.0 Å². The van der Waals surface area contributed by atoms with Crippen molar-refractivity contribution in [2.75, 3.05) is 6.61 Å². The van der Waals surface area contributed by atoms with E-state index in [-0.39, 0.29) is 12.0 Å². The van der Waals surface area contributed by atoms with Crippen molar-refractivity contribution in [3.05, 3.63) is 52.8 Å². The van der Waals surface area contributed by atoms with Gasteiger partial charge < -0.3 is 14.0 Å². The molecule has 2 aromatic carbocycles. The van der Waals surface area contributed by atoms with Gasteiger partial charge in [-0.25, -0.2) is 9.37 Å². The van der Waals surface area contributed by atoms with Gasteiger partial charge in [0.15, 0.2) is 11.6 Å². The summed E-state index contributed by atoms with van der Waals surface area (Å²) in [6.07, 6.45) is 4.73. The second-order valence-electron chi connectivity index (χ2n) is 5.90. The molecule has 0 bridgehead atoms. The lowest BCUT2D eigenvalue weighted by Crippen LogP contribution is -2.17.